The maximum absolute atomic E-state index is 4.53. The van der Waals surface area contributed by atoms with Gasteiger partial charge in [0.25, 0.3) is 0 Å². The van der Waals surface area contributed by atoms with Crippen molar-refractivity contribution in [2.24, 2.45) is 0 Å². The molecule has 3 radical (unpaired) electrons. The van der Waals surface area contributed by atoms with E-state index in [-0.39, 0.29) is 0 Å². The zero-order chi connectivity index (χ0) is 3.41. The van der Waals surface area contributed by atoms with Crippen molar-refractivity contribution in [2.45, 2.75) is 6.92 Å². The van der Waals surface area contributed by atoms with E-state index >= 15 is 0 Å². The van der Waals surface area contributed by atoms with Crippen molar-refractivity contribution in [3.63, 3.8) is 0 Å². The lowest BCUT2D eigenvalue weighted by atomic mass is 10.6. The summed E-state index contributed by atoms with van der Waals surface area (Å²) in [6.07, 6.45) is 0. The summed E-state index contributed by atoms with van der Waals surface area (Å²) in [5.74, 6) is 0. The van der Waals surface area contributed by atoms with E-state index < -0.39 is 0 Å². The molecule has 0 atom stereocenters. The summed E-state index contributed by atoms with van der Waals surface area (Å²) in [6.45, 7) is 2.43. The Labute approximate surface area is 27.4 Å². The van der Waals surface area contributed by atoms with Gasteiger partial charge in [0, 0.05) is 0 Å². The smallest absolute Gasteiger partial charge is 0.0108 e. The highest BCUT2D eigenvalue weighted by Crippen LogP contribution is 1.50. The lowest BCUT2D eigenvalue weighted by molar-refractivity contribution is 0.375. The summed E-state index contributed by atoms with van der Waals surface area (Å²) in [4.78, 5) is 0. The Balaban J connectivity index is 1.97. The predicted molar refractivity (Wildman–Crippen MR) is 17.4 cm³/mol. The molecule has 0 fully saturated rings. The van der Waals surface area contributed by atoms with Crippen molar-refractivity contribution in [3.05, 3.63) is 0 Å². The van der Waals surface area contributed by atoms with E-state index in [0.717, 1.165) is 0 Å². The van der Waals surface area contributed by atoms with Crippen LogP contribution in [0, 0.1) is 0 Å². The fraction of sp³-hybridized carbons (Fsp3) is 1.00. The van der Waals surface area contributed by atoms with Gasteiger partial charge in [-0.2, -0.15) is 0 Å². The predicted octanol–water partition coefficient (Wildman–Crippen LogP) is 0.106. The van der Waals surface area contributed by atoms with Crippen LogP contribution in [0.15, 0.2) is 0 Å². The van der Waals surface area contributed by atoms with Gasteiger partial charge in [-0.1, -0.05) is 0 Å². The van der Waals surface area contributed by atoms with Gasteiger partial charge in [0.1, 0.15) is 0 Å². The van der Waals surface area contributed by atoms with Crippen LogP contribution in [0.25, 0.3) is 0 Å². The van der Waals surface area contributed by atoms with Gasteiger partial charge in [0.05, 0.1) is 0 Å². The lowest BCUT2D eigenvalue weighted by Crippen LogP contribution is -1.76. The van der Waals surface area contributed by atoms with E-state index in [4.69, 9.17) is 0 Å². The Kier molecular flexibility index (Phi) is 3.04. The van der Waals surface area contributed by atoms with Gasteiger partial charge in [-0.15, -0.1) is 0 Å². The molecule has 4 heavy (non-hydrogen) atoms. The summed E-state index contributed by atoms with van der Waals surface area (Å²) in [5.41, 5.74) is 0. The first-order valence-corrected chi connectivity index (χ1v) is 1.23. The number of hydrogen-bond acceptors (Lipinski definition) is 1. The molecule has 0 aromatic carbocycles. The van der Waals surface area contributed by atoms with E-state index in [0.29, 0.717) is 6.61 Å². The maximum Gasteiger partial charge on any atom is -0.0108 e. The standard InChI is InChI=1S/C2H5BO/c1-2-4-3/h2H2,1H3/q-1. The molecule has 0 amide bonds. The third kappa shape index (κ3) is 2.02. The largest absolute Gasteiger partial charge is 0.702 e. The molecular formula is C2H5BO-. The second-order valence-electron chi connectivity index (χ2n) is 0.455. The molecule has 0 aliphatic heterocycles. The van der Waals surface area contributed by atoms with Gasteiger partial charge in [-0.25, -0.2) is 0 Å². The topological polar surface area (TPSA) is 9.23 Å². The van der Waals surface area contributed by atoms with E-state index in [2.05, 4.69) is 12.7 Å². The minimum absolute atomic E-state index is 0.597. The molecule has 0 aliphatic carbocycles. The van der Waals surface area contributed by atoms with Crippen molar-refractivity contribution >= 4 is 8.05 Å². The molecule has 23 valence electrons. The maximum atomic E-state index is 4.53. The van der Waals surface area contributed by atoms with Crippen LogP contribution < -0.4 is 0 Å². The molecule has 1 nitrogen and oxygen atoms in total. The van der Waals surface area contributed by atoms with Gasteiger partial charge >= 0.3 is 0 Å². The highest BCUT2D eigenvalue weighted by atomic mass is 16.4. The van der Waals surface area contributed by atoms with Crippen LogP contribution >= 0.6 is 0 Å². The van der Waals surface area contributed by atoms with Crippen molar-refractivity contribution < 1.29 is 4.65 Å². The molecule has 2 heteroatoms. The van der Waals surface area contributed by atoms with Crippen LogP contribution in [0.4, 0.5) is 0 Å². The van der Waals surface area contributed by atoms with Gasteiger partial charge in [0.15, 0.2) is 0 Å². The molecule has 0 spiro atoms. The van der Waals surface area contributed by atoms with E-state index in [9.17, 15) is 0 Å². The summed E-state index contributed by atoms with van der Waals surface area (Å²) in [5, 5.41) is 0. The van der Waals surface area contributed by atoms with Crippen molar-refractivity contribution in [1.82, 2.24) is 0 Å². The fourth-order valence-corrected chi connectivity index (χ4v) is 0. The minimum Gasteiger partial charge on any atom is -0.702 e. The molecular weight excluding hydrogens is 50.8 g/mol. The Morgan fingerprint density at radius 1 is 2.00 bits per heavy atom. The number of rotatable bonds is 1. The Bertz CT molecular complexity index is 8.00. The average Bonchev–Trinajstić information content (AvgIpc) is 1.37. The van der Waals surface area contributed by atoms with E-state index in [1.54, 1.807) is 0 Å². The number of hydrogen-bond donors (Lipinski definition) is 0. The van der Waals surface area contributed by atoms with Gasteiger partial charge in [-0.3, -0.25) is 0 Å². The molecule has 0 aromatic rings. The zero-order valence-corrected chi connectivity index (χ0v) is 2.69. The van der Waals surface area contributed by atoms with Crippen LogP contribution in [0.5, 0.6) is 0 Å². The minimum atomic E-state index is 0.597. The summed E-state index contributed by atoms with van der Waals surface area (Å²) >= 11 is 0. The average molecular weight is 55.9 g/mol. The first kappa shape index (κ1) is 4.02. The second kappa shape index (κ2) is 3.02. The Morgan fingerprint density at radius 3 is 2.25 bits per heavy atom. The molecule has 0 N–H and O–H groups in total. The van der Waals surface area contributed by atoms with Crippen LogP contribution in [0.3, 0.4) is 0 Å². The highest BCUT2D eigenvalue weighted by Gasteiger charge is 1.36. The normalized spacial score (nSPS) is 7.50. The van der Waals surface area contributed by atoms with Crippen LogP contribution in [-0.2, 0) is 4.65 Å². The van der Waals surface area contributed by atoms with Crippen molar-refractivity contribution in [1.29, 1.82) is 0 Å². The Hall–Kier alpha value is 0.0249. The summed E-state index contributed by atoms with van der Waals surface area (Å²) in [6, 6.07) is 0. The third-order valence-corrected chi connectivity index (χ3v) is 0.167. The monoisotopic (exact) mass is 56.0 g/mol. The summed E-state index contributed by atoms with van der Waals surface area (Å²) in [7, 11) is 4.53. The fourth-order valence-electron chi connectivity index (χ4n) is 0. The molecule has 0 rings (SSSR count). The highest BCUT2D eigenvalue weighted by molar-refractivity contribution is 5.97. The quantitative estimate of drug-likeness (QED) is 0.387. The van der Waals surface area contributed by atoms with Crippen LogP contribution in [0.1, 0.15) is 6.92 Å². The molecule has 0 saturated carbocycles. The second-order valence-corrected chi connectivity index (χ2v) is 0.455. The lowest BCUT2D eigenvalue weighted by Gasteiger charge is -2.01. The SMILES string of the molecule is [B-]OCC. The molecule has 0 unspecified atom stereocenters. The molecule has 0 aliphatic rings. The molecule has 0 saturated heterocycles. The van der Waals surface area contributed by atoms with Gasteiger partial charge < -0.3 is 12.7 Å². The van der Waals surface area contributed by atoms with Crippen LogP contribution in [0.2, 0.25) is 0 Å². The van der Waals surface area contributed by atoms with Gasteiger partial charge in [0.2, 0.25) is 0 Å². The first-order valence-electron chi connectivity index (χ1n) is 1.23. The van der Waals surface area contributed by atoms with Crippen molar-refractivity contribution in [3.8, 4) is 0 Å². The van der Waals surface area contributed by atoms with E-state index in [1.165, 1.54) is 0 Å². The Morgan fingerprint density at radius 2 is 2.25 bits per heavy atom. The van der Waals surface area contributed by atoms with Crippen LogP contribution in [-0.4, -0.2) is 14.7 Å². The van der Waals surface area contributed by atoms with Gasteiger partial charge in [-0.05, 0) is 13.5 Å². The van der Waals surface area contributed by atoms with E-state index in [1.807, 2.05) is 6.92 Å². The molecule has 0 bridgehead atoms. The first-order chi connectivity index (χ1) is 1.91. The molecule has 0 aromatic heterocycles. The van der Waals surface area contributed by atoms with Crippen molar-refractivity contribution in [2.75, 3.05) is 6.61 Å². The summed E-state index contributed by atoms with van der Waals surface area (Å²) < 4.78 is 4.04. The third-order valence-electron chi connectivity index (χ3n) is 0.167. The molecule has 0 heterocycles. The zero-order valence-electron chi connectivity index (χ0n) is 2.69.